The summed E-state index contributed by atoms with van der Waals surface area (Å²) in [6.07, 6.45) is 3.47. The van der Waals surface area contributed by atoms with Gasteiger partial charge in [0, 0.05) is 34.3 Å². The molecule has 4 nitrogen and oxygen atoms in total. The van der Waals surface area contributed by atoms with E-state index in [0.717, 1.165) is 16.8 Å². The molecule has 0 unspecified atom stereocenters. The molecule has 2 aromatic heterocycles. The molecule has 0 saturated heterocycles. The third-order valence-electron chi connectivity index (χ3n) is 4.32. The predicted octanol–water partition coefficient (Wildman–Crippen LogP) is 5.72. The molecule has 0 aliphatic rings. The molecule has 0 aliphatic carbocycles. The average Bonchev–Trinajstić information content (AvgIpc) is 3.12. The summed E-state index contributed by atoms with van der Waals surface area (Å²) in [6.45, 7) is 2.03. The van der Waals surface area contributed by atoms with Crippen LogP contribution >= 0.6 is 23.4 Å². The maximum Gasteiger partial charge on any atom is 0.196 e. The van der Waals surface area contributed by atoms with Crippen molar-refractivity contribution in [1.82, 2.24) is 19.7 Å². The molecule has 0 amide bonds. The Morgan fingerprint density at radius 2 is 1.89 bits per heavy atom. The molecule has 0 fully saturated rings. The Hall–Kier alpha value is -2.70. The van der Waals surface area contributed by atoms with Crippen LogP contribution in [0, 0.1) is 12.7 Å². The number of thioether (sulfide) groups is 1. The first-order chi connectivity index (χ1) is 13.6. The van der Waals surface area contributed by atoms with Crippen LogP contribution in [-0.2, 0) is 5.75 Å². The molecule has 4 rings (SSSR count). The average molecular weight is 411 g/mol. The Balaban J connectivity index is 1.78. The van der Waals surface area contributed by atoms with Crippen molar-refractivity contribution in [2.24, 2.45) is 0 Å². The van der Waals surface area contributed by atoms with E-state index in [2.05, 4.69) is 15.2 Å². The van der Waals surface area contributed by atoms with Crippen LogP contribution in [0.4, 0.5) is 4.39 Å². The van der Waals surface area contributed by atoms with Gasteiger partial charge in [-0.25, -0.2) is 4.39 Å². The van der Waals surface area contributed by atoms with E-state index >= 15 is 0 Å². The summed E-state index contributed by atoms with van der Waals surface area (Å²) in [7, 11) is 0. The second-order valence-corrected chi connectivity index (χ2v) is 7.51. The van der Waals surface area contributed by atoms with Crippen molar-refractivity contribution in [3.8, 4) is 17.1 Å². The summed E-state index contributed by atoms with van der Waals surface area (Å²) in [5.74, 6) is 0.710. The fourth-order valence-electron chi connectivity index (χ4n) is 2.88. The fourth-order valence-corrected chi connectivity index (χ4v) is 4.17. The van der Waals surface area contributed by atoms with Gasteiger partial charge in [-0.3, -0.25) is 9.55 Å². The number of hydrogen-bond donors (Lipinski definition) is 0. The van der Waals surface area contributed by atoms with Gasteiger partial charge < -0.3 is 0 Å². The van der Waals surface area contributed by atoms with E-state index in [1.807, 2.05) is 47.9 Å². The second-order valence-electron chi connectivity index (χ2n) is 6.16. The Bertz CT molecular complexity index is 1090. The van der Waals surface area contributed by atoms with Crippen LogP contribution in [0.1, 0.15) is 11.1 Å². The maximum absolute atomic E-state index is 14.2. The highest BCUT2D eigenvalue weighted by Crippen LogP contribution is 2.32. The number of halogens is 2. The lowest BCUT2D eigenvalue weighted by molar-refractivity contribution is 0.617. The standard InChI is InChI=1S/C21H16ClFN4S/c1-14-6-2-3-10-19(14)27-20(15-7-5-11-24-12-15)25-26-21(27)28-13-16-17(22)8-4-9-18(16)23/h2-12H,13H2,1H3. The molecule has 2 heterocycles. The Kier molecular flexibility index (Phi) is 5.41. The van der Waals surface area contributed by atoms with E-state index in [1.54, 1.807) is 24.5 Å². The van der Waals surface area contributed by atoms with Crippen molar-refractivity contribution < 1.29 is 4.39 Å². The van der Waals surface area contributed by atoms with Gasteiger partial charge in [0.2, 0.25) is 0 Å². The number of benzene rings is 2. The minimum Gasteiger partial charge on any atom is -0.270 e. The largest absolute Gasteiger partial charge is 0.270 e. The van der Waals surface area contributed by atoms with Gasteiger partial charge in [-0.05, 0) is 42.8 Å². The molecule has 0 aliphatic heterocycles. The monoisotopic (exact) mass is 410 g/mol. The molecule has 7 heteroatoms. The molecular formula is C21H16ClFN4S. The summed E-state index contributed by atoms with van der Waals surface area (Å²) in [5, 5.41) is 9.82. The highest BCUT2D eigenvalue weighted by Gasteiger charge is 2.18. The number of aryl methyl sites for hydroxylation is 1. The van der Waals surface area contributed by atoms with Crippen molar-refractivity contribution in [2.45, 2.75) is 17.8 Å². The maximum atomic E-state index is 14.2. The molecular weight excluding hydrogens is 395 g/mol. The third kappa shape index (κ3) is 3.66. The first kappa shape index (κ1) is 18.7. The van der Waals surface area contributed by atoms with E-state index in [9.17, 15) is 4.39 Å². The Labute approximate surface area is 171 Å². The first-order valence-corrected chi connectivity index (χ1v) is 9.99. The van der Waals surface area contributed by atoms with Crippen molar-refractivity contribution in [3.63, 3.8) is 0 Å². The molecule has 0 saturated carbocycles. The zero-order valence-electron chi connectivity index (χ0n) is 15.0. The lowest BCUT2D eigenvalue weighted by Crippen LogP contribution is -2.02. The van der Waals surface area contributed by atoms with Crippen LogP contribution in [0.25, 0.3) is 17.1 Å². The van der Waals surface area contributed by atoms with Crippen LogP contribution in [-0.4, -0.2) is 19.7 Å². The molecule has 0 spiro atoms. The lowest BCUT2D eigenvalue weighted by atomic mass is 10.2. The SMILES string of the molecule is Cc1ccccc1-n1c(SCc2c(F)cccc2Cl)nnc1-c1cccnc1. The molecule has 2 aromatic carbocycles. The number of pyridine rings is 1. The zero-order valence-corrected chi connectivity index (χ0v) is 16.6. The third-order valence-corrected chi connectivity index (χ3v) is 5.63. The van der Waals surface area contributed by atoms with E-state index in [0.29, 0.717) is 27.3 Å². The summed E-state index contributed by atoms with van der Waals surface area (Å²) in [5.41, 5.74) is 3.36. The van der Waals surface area contributed by atoms with Crippen molar-refractivity contribution in [1.29, 1.82) is 0 Å². The molecule has 0 bridgehead atoms. The highest BCUT2D eigenvalue weighted by molar-refractivity contribution is 7.98. The Morgan fingerprint density at radius 3 is 2.64 bits per heavy atom. The highest BCUT2D eigenvalue weighted by atomic mass is 35.5. The summed E-state index contributed by atoms with van der Waals surface area (Å²) in [4.78, 5) is 4.19. The molecule has 0 atom stereocenters. The van der Waals surface area contributed by atoms with E-state index in [4.69, 9.17) is 11.6 Å². The minimum atomic E-state index is -0.325. The smallest absolute Gasteiger partial charge is 0.196 e. The van der Waals surface area contributed by atoms with Gasteiger partial charge in [0.1, 0.15) is 5.82 Å². The van der Waals surface area contributed by atoms with Gasteiger partial charge in [-0.1, -0.05) is 47.6 Å². The van der Waals surface area contributed by atoms with Crippen molar-refractivity contribution >= 4 is 23.4 Å². The molecule has 28 heavy (non-hydrogen) atoms. The first-order valence-electron chi connectivity index (χ1n) is 8.62. The topological polar surface area (TPSA) is 43.6 Å². The van der Waals surface area contributed by atoms with Gasteiger partial charge in [-0.15, -0.1) is 10.2 Å². The molecule has 4 aromatic rings. The van der Waals surface area contributed by atoms with E-state index in [1.165, 1.54) is 17.8 Å². The number of aromatic nitrogens is 4. The van der Waals surface area contributed by atoms with Crippen LogP contribution in [0.5, 0.6) is 0 Å². The quantitative estimate of drug-likeness (QED) is 0.394. The van der Waals surface area contributed by atoms with Crippen LogP contribution in [0.3, 0.4) is 0 Å². The van der Waals surface area contributed by atoms with Crippen molar-refractivity contribution in [3.05, 3.63) is 89.0 Å². The molecule has 0 radical (unpaired) electrons. The summed E-state index contributed by atoms with van der Waals surface area (Å²) < 4.78 is 16.1. The van der Waals surface area contributed by atoms with Gasteiger partial charge >= 0.3 is 0 Å². The van der Waals surface area contributed by atoms with Gasteiger partial charge in [0.15, 0.2) is 11.0 Å². The predicted molar refractivity (Wildman–Crippen MR) is 110 cm³/mol. The van der Waals surface area contributed by atoms with Crippen LogP contribution in [0.2, 0.25) is 5.02 Å². The van der Waals surface area contributed by atoms with Gasteiger partial charge in [-0.2, -0.15) is 0 Å². The second kappa shape index (κ2) is 8.12. The van der Waals surface area contributed by atoms with E-state index < -0.39 is 0 Å². The summed E-state index contributed by atoms with van der Waals surface area (Å²) in [6, 6.07) is 16.5. The van der Waals surface area contributed by atoms with Gasteiger partial charge in [0.05, 0.1) is 5.69 Å². The molecule has 0 N–H and O–H groups in total. The van der Waals surface area contributed by atoms with Crippen LogP contribution in [0.15, 0.2) is 72.1 Å². The zero-order chi connectivity index (χ0) is 19.5. The van der Waals surface area contributed by atoms with Gasteiger partial charge in [0.25, 0.3) is 0 Å². The number of nitrogens with zero attached hydrogens (tertiary/aromatic N) is 4. The number of para-hydroxylation sites is 1. The fraction of sp³-hybridized carbons (Fsp3) is 0.0952. The normalized spacial score (nSPS) is 11.0. The summed E-state index contributed by atoms with van der Waals surface area (Å²) >= 11 is 7.57. The number of hydrogen-bond acceptors (Lipinski definition) is 4. The Morgan fingerprint density at radius 1 is 1.04 bits per heavy atom. The van der Waals surface area contributed by atoms with E-state index in [-0.39, 0.29) is 5.82 Å². The molecule has 140 valence electrons. The van der Waals surface area contributed by atoms with Crippen LogP contribution < -0.4 is 0 Å². The minimum absolute atomic E-state index is 0.325. The number of rotatable bonds is 5. The van der Waals surface area contributed by atoms with Crippen molar-refractivity contribution in [2.75, 3.05) is 0 Å². The lowest BCUT2D eigenvalue weighted by Gasteiger charge is -2.13.